The Labute approximate surface area is 97.4 Å². The van der Waals surface area contributed by atoms with Gasteiger partial charge in [-0.15, -0.1) is 0 Å². The number of hydrogen-bond acceptors (Lipinski definition) is 5. The topological polar surface area (TPSA) is 88.0 Å². The standard InChI is InChI=1S/C11H10N4O2/c16-10(17)9-3-2-8(6-14-9)7-15-11-12-4-1-5-13-11/h1-6H,7H2,(H,16,17)(H,12,13,15). The summed E-state index contributed by atoms with van der Waals surface area (Å²) < 4.78 is 0. The van der Waals surface area contributed by atoms with Gasteiger partial charge in [0.25, 0.3) is 0 Å². The molecule has 2 heterocycles. The number of carboxylic acid groups (broad SMARTS) is 1. The minimum Gasteiger partial charge on any atom is -0.477 e. The number of rotatable bonds is 4. The van der Waals surface area contributed by atoms with Gasteiger partial charge in [-0.05, 0) is 17.7 Å². The fraction of sp³-hybridized carbons (Fsp3) is 0.0909. The zero-order valence-electron chi connectivity index (χ0n) is 8.87. The fourth-order valence-electron chi connectivity index (χ4n) is 1.23. The Balaban J connectivity index is 1.98. The Morgan fingerprint density at radius 2 is 2.00 bits per heavy atom. The number of nitrogens with zero attached hydrogens (tertiary/aromatic N) is 3. The lowest BCUT2D eigenvalue weighted by Crippen LogP contribution is -2.05. The SMILES string of the molecule is O=C(O)c1ccc(CNc2ncccn2)cn1. The van der Waals surface area contributed by atoms with Crippen LogP contribution in [0.3, 0.4) is 0 Å². The highest BCUT2D eigenvalue weighted by Gasteiger charge is 2.03. The van der Waals surface area contributed by atoms with Crippen molar-refractivity contribution in [3.05, 3.63) is 48.0 Å². The molecule has 2 aromatic rings. The minimum absolute atomic E-state index is 0.0321. The lowest BCUT2D eigenvalue weighted by molar-refractivity contribution is 0.0690. The number of anilines is 1. The molecule has 0 amide bonds. The first kappa shape index (κ1) is 11.0. The maximum Gasteiger partial charge on any atom is 0.354 e. The van der Waals surface area contributed by atoms with Crippen LogP contribution in [0.1, 0.15) is 16.1 Å². The van der Waals surface area contributed by atoms with E-state index in [-0.39, 0.29) is 5.69 Å². The smallest absolute Gasteiger partial charge is 0.354 e. The molecule has 0 atom stereocenters. The summed E-state index contributed by atoms with van der Waals surface area (Å²) in [5.74, 6) is -0.509. The second-order valence-electron chi connectivity index (χ2n) is 3.28. The van der Waals surface area contributed by atoms with Gasteiger partial charge in [-0.3, -0.25) is 0 Å². The van der Waals surface area contributed by atoms with Crippen molar-refractivity contribution in [3.63, 3.8) is 0 Å². The lowest BCUT2D eigenvalue weighted by Gasteiger charge is -2.03. The van der Waals surface area contributed by atoms with Crippen molar-refractivity contribution < 1.29 is 9.90 Å². The Hall–Kier alpha value is -2.50. The number of nitrogens with one attached hydrogen (secondary N) is 1. The van der Waals surface area contributed by atoms with Gasteiger partial charge in [-0.2, -0.15) is 0 Å². The molecule has 17 heavy (non-hydrogen) atoms. The largest absolute Gasteiger partial charge is 0.477 e. The van der Waals surface area contributed by atoms with E-state index in [1.54, 1.807) is 24.5 Å². The molecular formula is C11H10N4O2. The van der Waals surface area contributed by atoms with E-state index in [1.807, 2.05) is 0 Å². The average Bonchev–Trinajstić information content (AvgIpc) is 2.38. The van der Waals surface area contributed by atoms with Gasteiger partial charge in [0.2, 0.25) is 5.95 Å². The van der Waals surface area contributed by atoms with Crippen molar-refractivity contribution >= 4 is 11.9 Å². The minimum atomic E-state index is -1.03. The van der Waals surface area contributed by atoms with Crippen LogP contribution >= 0.6 is 0 Å². The monoisotopic (exact) mass is 230 g/mol. The van der Waals surface area contributed by atoms with E-state index in [9.17, 15) is 4.79 Å². The predicted molar refractivity (Wildman–Crippen MR) is 60.6 cm³/mol. The molecule has 6 nitrogen and oxygen atoms in total. The molecule has 0 fully saturated rings. The van der Waals surface area contributed by atoms with Gasteiger partial charge in [-0.25, -0.2) is 19.7 Å². The number of aromatic carboxylic acids is 1. The van der Waals surface area contributed by atoms with Crippen LogP contribution in [0.5, 0.6) is 0 Å². The normalized spacial score (nSPS) is 9.88. The van der Waals surface area contributed by atoms with Crippen molar-refractivity contribution in [1.29, 1.82) is 0 Å². The average molecular weight is 230 g/mol. The molecule has 2 N–H and O–H groups in total. The third kappa shape index (κ3) is 2.97. The summed E-state index contributed by atoms with van der Waals surface area (Å²) in [5, 5.41) is 11.7. The molecular weight excluding hydrogens is 220 g/mol. The fourth-order valence-corrected chi connectivity index (χ4v) is 1.23. The third-order valence-electron chi connectivity index (χ3n) is 2.06. The highest BCUT2D eigenvalue weighted by molar-refractivity contribution is 5.85. The number of pyridine rings is 1. The van der Waals surface area contributed by atoms with Crippen LogP contribution in [0.4, 0.5) is 5.95 Å². The van der Waals surface area contributed by atoms with Crippen LogP contribution in [0.2, 0.25) is 0 Å². The second-order valence-corrected chi connectivity index (χ2v) is 3.28. The van der Waals surface area contributed by atoms with Gasteiger partial charge < -0.3 is 10.4 Å². The molecule has 86 valence electrons. The van der Waals surface area contributed by atoms with Crippen LogP contribution in [0.15, 0.2) is 36.8 Å². The van der Waals surface area contributed by atoms with Crippen molar-refractivity contribution in [2.75, 3.05) is 5.32 Å². The molecule has 0 aliphatic carbocycles. The van der Waals surface area contributed by atoms with E-state index in [0.29, 0.717) is 12.5 Å². The summed E-state index contributed by atoms with van der Waals surface area (Å²) in [4.78, 5) is 22.4. The maximum absolute atomic E-state index is 10.6. The molecule has 0 saturated heterocycles. The highest BCUT2D eigenvalue weighted by atomic mass is 16.4. The van der Waals surface area contributed by atoms with Crippen LogP contribution in [-0.4, -0.2) is 26.0 Å². The summed E-state index contributed by atoms with van der Waals surface area (Å²) in [6.07, 6.45) is 4.79. The third-order valence-corrected chi connectivity index (χ3v) is 2.06. The van der Waals surface area contributed by atoms with Crippen molar-refractivity contribution in [2.24, 2.45) is 0 Å². The molecule has 2 rings (SSSR count). The van der Waals surface area contributed by atoms with Crippen LogP contribution < -0.4 is 5.32 Å². The van der Waals surface area contributed by atoms with Crippen molar-refractivity contribution in [2.45, 2.75) is 6.54 Å². The number of carbonyl (C=O) groups is 1. The van der Waals surface area contributed by atoms with E-state index >= 15 is 0 Å². The van der Waals surface area contributed by atoms with Crippen LogP contribution in [0, 0.1) is 0 Å². The van der Waals surface area contributed by atoms with E-state index in [2.05, 4.69) is 20.3 Å². The molecule has 0 aromatic carbocycles. The Morgan fingerprint density at radius 1 is 1.24 bits per heavy atom. The molecule has 0 aliphatic rings. The molecule has 6 heteroatoms. The van der Waals surface area contributed by atoms with Crippen molar-refractivity contribution in [1.82, 2.24) is 15.0 Å². The first-order valence-electron chi connectivity index (χ1n) is 4.95. The van der Waals surface area contributed by atoms with Crippen LogP contribution in [0.25, 0.3) is 0 Å². The Morgan fingerprint density at radius 3 is 2.59 bits per heavy atom. The van der Waals surface area contributed by atoms with Gasteiger partial charge in [0, 0.05) is 25.1 Å². The first-order chi connectivity index (χ1) is 8.25. The molecule has 0 unspecified atom stereocenters. The Bertz CT molecular complexity index is 499. The quantitative estimate of drug-likeness (QED) is 0.820. The summed E-state index contributed by atoms with van der Waals surface area (Å²) in [5.41, 5.74) is 0.896. The zero-order valence-corrected chi connectivity index (χ0v) is 8.87. The number of carboxylic acids is 1. The van der Waals surface area contributed by atoms with Crippen LogP contribution in [-0.2, 0) is 6.54 Å². The van der Waals surface area contributed by atoms with Gasteiger partial charge in [0.05, 0.1) is 0 Å². The molecule has 0 saturated carbocycles. The molecule has 2 aromatic heterocycles. The summed E-state index contributed by atoms with van der Waals surface area (Å²) in [6.45, 7) is 0.497. The second kappa shape index (κ2) is 5.02. The highest BCUT2D eigenvalue weighted by Crippen LogP contribution is 2.03. The molecule has 0 radical (unpaired) electrons. The van der Waals surface area contributed by atoms with Gasteiger partial charge >= 0.3 is 5.97 Å². The predicted octanol–water partition coefficient (Wildman–Crippen LogP) is 1.18. The first-order valence-corrected chi connectivity index (χ1v) is 4.95. The van der Waals surface area contributed by atoms with Crippen molar-refractivity contribution in [3.8, 4) is 0 Å². The van der Waals surface area contributed by atoms with Gasteiger partial charge in [0.1, 0.15) is 5.69 Å². The maximum atomic E-state index is 10.6. The van der Waals surface area contributed by atoms with E-state index < -0.39 is 5.97 Å². The zero-order chi connectivity index (χ0) is 12.1. The molecule has 0 spiro atoms. The van der Waals surface area contributed by atoms with E-state index in [1.165, 1.54) is 12.3 Å². The summed E-state index contributed by atoms with van der Waals surface area (Å²) in [6, 6.07) is 4.89. The van der Waals surface area contributed by atoms with Gasteiger partial charge in [-0.1, -0.05) is 6.07 Å². The molecule has 0 bridgehead atoms. The van der Waals surface area contributed by atoms with E-state index in [0.717, 1.165) is 5.56 Å². The summed E-state index contributed by atoms with van der Waals surface area (Å²) >= 11 is 0. The lowest BCUT2D eigenvalue weighted by atomic mass is 10.2. The number of aromatic nitrogens is 3. The Kier molecular flexibility index (Phi) is 3.25. The summed E-state index contributed by atoms with van der Waals surface area (Å²) in [7, 11) is 0. The molecule has 0 aliphatic heterocycles. The number of hydrogen-bond donors (Lipinski definition) is 2. The van der Waals surface area contributed by atoms with E-state index in [4.69, 9.17) is 5.11 Å². The van der Waals surface area contributed by atoms with Gasteiger partial charge in [0.15, 0.2) is 0 Å².